The number of para-hydroxylation sites is 1. The van der Waals surface area contributed by atoms with E-state index >= 15 is 0 Å². The Morgan fingerprint density at radius 2 is 1.44 bits per heavy atom. The van der Waals surface area contributed by atoms with Crippen LogP contribution in [0, 0.1) is 0 Å². The van der Waals surface area contributed by atoms with Crippen molar-refractivity contribution in [1.29, 1.82) is 0 Å². The highest BCUT2D eigenvalue weighted by Crippen LogP contribution is 2.50. The van der Waals surface area contributed by atoms with Crippen LogP contribution in [-0.4, -0.2) is 104 Å². The van der Waals surface area contributed by atoms with Gasteiger partial charge in [-0.1, -0.05) is 30.3 Å². The topological polar surface area (TPSA) is 188 Å². The molecule has 238 valence electrons. The van der Waals surface area contributed by atoms with E-state index in [4.69, 9.17) is 0 Å². The molecule has 2 heterocycles. The Hall–Kier alpha value is -4.99. The number of nitrogens with zero attached hydrogens (tertiary/aromatic N) is 2. The molecule has 0 saturated carbocycles. The van der Waals surface area contributed by atoms with E-state index in [9.17, 15) is 57.9 Å². The maximum atomic E-state index is 13.5. The van der Waals surface area contributed by atoms with Crippen LogP contribution in [0.4, 0.5) is 18.9 Å². The first-order valence-electron chi connectivity index (χ1n) is 13.5. The zero-order valence-electron chi connectivity index (χ0n) is 23.4. The average Bonchev–Trinajstić information content (AvgIpc) is 2.97. The normalized spacial score (nSPS) is 19.9. The van der Waals surface area contributed by atoms with Gasteiger partial charge in [0.2, 0.25) is 0 Å². The van der Waals surface area contributed by atoms with Crippen molar-refractivity contribution in [3.8, 4) is 0 Å². The SMILES string of the molecule is O=C(O)C=C(C(=O)O)C1=C(c2ccc(C(F)(F)F)cc2)c2ccccc2NC1(C(=CC(=O)O)C(=O)O)N1CCN(CCO)CC1. The number of benzene rings is 2. The number of nitrogens with one attached hydrogen (secondary N) is 1. The van der Waals surface area contributed by atoms with Crippen molar-refractivity contribution in [2.75, 3.05) is 44.6 Å². The summed E-state index contributed by atoms with van der Waals surface area (Å²) >= 11 is 0. The highest BCUT2D eigenvalue weighted by molar-refractivity contribution is 6.09. The van der Waals surface area contributed by atoms with E-state index in [1.807, 2.05) is 4.90 Å². The fourth-order valence-electron chi connectivity index (χ4n) is 5.70. The highest BCUT2D eigenvalue weighted by Gasteiger charge is 2.54. The van der Waals surface area contributed by atoms with Gasteiger partial charge in [0, 0.05) is 61.7 Å². The van der Waals surface area contributed by atoms with Crippen LogP contribution in [0.2, 0.25) is 0 Å². The molecule has 2 aromatic rings. The van der Waals surface area contributed by atoms with Gasteiger partial charge in [0.1, 0.15) is 0 Å². The number of piperazine rings is 1. The molecule has 0 amide bonds. The van der Waals surface area contributed by atoms with Gasteiger partial charge in [-0.15, -0.1) is 0 Å². The molecule has 1 atom stereocenters. The minimum absolute atomic E-state index is 0.0205. The van der Waals surface area contributed by atoms with Crippen LogP contribution < -0.4 is 5.32 Å². The Morgan fingerprint density at radius 1 is 0.844 bits per heavy atom. The molecular weight excluding hydrogens is 603 g/mol. The summed E-state index contributed by atoms with van der Waals surface area (Å²) in [5.41, 5.74) is -5.49. The number of alkyl halides is 3. The summed E-state index contributed by atoms with van der Waals surface area (Å²) in [7, 11) is 0. The fourth-order valence-corrected chi connectivity index (χ4v) is 5.70. The van der Waals surface area contributed by atoms with E-state index in [-0.39, 0.29) is 61.7 Å². The Morgan fingerprint density at radius 3 is 1.96 bits per heavy atom. The molecule has 1 unspecified atom stereocenters. The number of carboxylic acids is 4. The highest BCUT2D eigenvalue weighted by atomic mass is 19.4. The smallest absolute Gasteiger partial charge is 0.416 e. The number of aliphatic carboxylic acids is 4. The third kappa shape index (κ3) is 6.60. The van der Waals surface area contributed by atoms with E-state index in [1.54, 1.807) is 6.07 Å². The minimum atomic E-state index is -4.73. The summed E-state index contributed by atoms with van der Waals surface area (Å²) in [6.07, 6.45) is -4.03. The molecule has 0 radical (unpaired) electrons. The summed E-state index contributed by atoms with van der Waals surface area (Å²) in [4.78, 5) is 53.2. The zero-order valence-corrected chi connectivity index (χ0v) is 23.4. The molecule has 45 heavy (non-hydrogen) atoms. The van der Waals surface area contributed by atoms with E-state index in [0.717, 1.165) is 24.3 Å². The number of β-amino-alcohol motifs (C(OH)–C–C–N with tert-alkyl or cyclic N) is 1. The lowest BCUT2D eigenvalue weighted by Crippen LogP contribution is -2.65. The van der Waals surface area contributed by atoms with Crippen LogP contribution in [0.25, 0.3) is 5.57 Å². The van der Waals surface area contributed by atoms with Crippen LogP contribution in [0.15, 0.2) is 77.4 Å². The molecule has 0 bridgehead atoms. The fraction of sp³-hybridized carbons (Fsp3) is 0.267. The van der Waals surface area contributed by atoms with Crippen molar-refractivity contribution >= 4 is 35.1 Å². The number of carboxylic acid groups (broad SMARTS) is 4. The Labute approximate surface area is 253 Å². The molecule has 0 aromatic heterocycles. The van der Waals surface area contributed by atoms with Crippen LogP contribution in [0.1, 0.15) is 16.7 Å². The van der Waals surface area contributed by atoms with Crippen molar-refractivity contribution in [2.45, 2.75) is 11.8 Å². The van der Waals surface area contributed by atoms with Gasteiger partial charge in [-0.25, -0.2) is 19.2 Å². The molecule has 15 heteroatoms. The largest absolute Gasteiger partial charge is 0.478 e. The van der Waals surface area contributed by atoms with E-state index < -0.39 is 58.0 Å². The van der Waals surface area contributed by atoms with Crippen molar-refractivity contribution in [3.05, 3.63) is 94.1 Å². The second-order valence-corrected chi connectivity index (χ2v) is 10.2. The van der Waals surface area contributed by atoms with Gasteiger partial charge in [-0.2, -0.15) is 13.2 Å². The first kappa shape index (κ1) is 32.9. The maximum absolute atomic E-state index is 13.5. The van der Waals surface area contributed by atoms with Gasteiger partial charge >= 0.3 is 30.1 Å². The van der Waals surface area contributed by atoms with Gasteiger partial charge < -0.3 is 30.8 Å². The summed E-state index contributed by atoms with van der Waals surface area (Å²) in [5.74, 6) is -7.04. The molecule has 1 fully saturated rings. The van der Waals surface area contributed by atoms with Gasteiger partial charge in [-0.05, 0) is 29.3 Å². The van der Waals surface area contributed by atoms with Crippen LogP contribution >= 0.6 is 0 Å². The molecule has 4 rings (SSSR count). The van der Waals surface area contributed by atoms with Gasteiger partial charge in [0.15, 0.2) is 5.66 Å². The summed E-state index contributed by atoms with van der Waals surface area (Å²) < 4.78 is 40.5. The lowest BCUT2D eigenvalue weighted by Gasteiger charge is -2.52. The van der Waals surface area contributed by atoms with E-state index in [0.29, 0.717) is 12.2 Å². The summed E-state index contributed by atoms with van der Waals surface area (Å²) in [5, 5.41) is 52.8. The second kappa shape index (κ2) is 12.9. The lowest BCUT2D eigenvalue weighted by molar-refractivity contribution is -0.137. The summed E-state index contributed by atoms with van der Waals surface area (Å²) in [6.45, 7) is 0.432. The number of fused-ring (bicyclic) bond motifs is 1. The van der Waals surface area contributed by atoms with Gasteiger partial charge in [-0.3, -0.25) is 9.80 Å². The molecule has 2 aliphatic rings. The van der Waals surface area contributed by atoms with Crippen LogP contribution in [0.3, 0.4) is 0 Å². The molecule has 6 N–H and O–H groups in total. The number of halogens is 3. The molecule has 2 aliphatic heterocycles. The van der Waals surface area contributed by atoms with Crippen molar-refractivity contribution in [2.24, 2.45) is 0 Å². The Balaban J connectivity index is 2.22. The molecule has 12 nitrogen and oxygen atoms in total. The minimum Gasteiger partial charge on any atom is -0.478 e. The number of aliphatic hydroxyl groups excluding tert-OH is 1. The predicted octanol–water partition coefficient (Wildman–Crippen LogP) is 2.43. The molecule has 0 spiro atoms. The van der Waals surface area contributed by atoms with Crippen molar-refractivity contribution in [1.82, 2.24) is 9.80 Å². The van der Waals surface area contributed by atoms with Gasteiger partial charge in [0.25, 0.3) is 0 Å². The first-order chi connectivity index (χ1) is 21.2. The predicted molar refractivity (Wildman–Crippen MR) is 152 cm³/mol. The van der Waals surface area contributed by atoms with Gasteiger partial charge in [0.05, 0.1) is 23.3 Å². The quantitative estimate of drug-likeness (QED) is 0.211. The van der Waals surface area contributed by atoms with Crippen LogP contribution in [0.5, 0.6) is 0 Å². The molecule has 0 aliphatic carbocycles. The molecular formula is C30H28F3N3O9. The van der Waals surface area contributed by atoms with Crippen molar-refractivity contribution < 1.29 is 57.9 Å². The summed E-state index contributed by atoms with van der Waals surface area (Å²) in [6, 6.07) is 9.65. The van der Waals surface area contributed by atoms with E-state index in [2.05, 4.69) is 5.32 Å². The monoisotopic (exact) mass is 631 g/mol. The number of anilines is 1. The standard InChI is InChI=1S/C30H28F3N3O9/c31-30(32,33)18-7-5-17(6-8-18)25-19-3-1-2-4-22(19)34-29(21(28(44)45)16-24(40)41,26(25)20(27(42)43)15-23(38)39)36-11-9-35(10-12-36)13-14-37/h1-8,15-16,34,37H,9-14H2,(H,38,39)(H,40,41)(H,42,43)(H,44,45). The van der Waals surface area contributed by atoms with E-state index in [1.165, 1.54) is 23.1 Å². The number of hydrogen-bond donors (Lipinski definition) is 6. The third-order valence-corrected chi connectivity index (χ3v) is 7.54. The Kier molecular flexibility index (Phi) is 9.46. The second-order valence-electron chi connectivity index (χ2n) is 10.2. The number of carbonyl (C=O) groups is 4. The maximum Gasteiger partial charge on any atom is 0.416 e. The van der Waals surface area contributed by atoms with Crippen LogP contribution in [-0.2, 0) is 25.4 Å². The number of aliphatic hydroxyl groups is 1. The number of hydrogen-bond acceptors (Lipinski definition) is 8. The lowest BCUT2D eigenvalue weighted by atomic mass is 9.73. The first-order valence-corrected chi connectivity index (χ1v) is 13.5. The Bertz CT molecular complexity index is 1610. The van der Waals surface area contributed by atoms with Crippen molar-refractivity contribution in [3.63, 3.8) is 0 Å². The molecule has 1 saturated heterocycles. The molecule has 2 aromatic carbocycles. The zero-order chi connectivity index (χ0) is 33.1. The average molecular weight is 632 g/mol. The number of rotatable bonds is 10. The third-order valence-electron chi connectivity index (χ3n) is 7.54.